The first-order chi connectivity index (χ1) is 25.2. The molecule has 270 valence electrons. The number of nitrogens with one attached hydrogen (secondary N) is 3. The first-order valence-electron chi connectivity index (χ1n) is 18.5. The van der Waals surface area contributed by atoms with Gasteiger partial charge in [-0.15, -0.1) is 0 Å². The van der Waals surface area contributed by atoms with E-state index in [-0.39, 0.29) is 23.8 Å². The minimum Gasteiger partial charge on any atom is -0.371 e. The normalized spacial score (nSPS) is 21.2. The topological polar surface area (TPSA) is 131 Å². The van der Waals surface area contributed by atoms with Crippen LogP contribution in [-0.4, -0.2) is 76.1 Å². The van der Waals surface area contributed by atoms with Crippen molar-refractivity contribution in [1.29, 1.82) is 0 Å². The Bertz CT molecular complexity index is 2050. The van der Waals surface area contributed by atoms with Crippen LogP contribution in [0.3, 0.4) is 0 Å². The van der Waals surface area contributed by atoms with Gasteiger partial charge in [-0.05, 0) is 107 Å². The Morgan fingerprint density at radius 2 is 1.85 bits per heavy atom. The number of halogens is 1. The molecule has 12 heteroatoms. The molecule has 0 saturated carbocycles. The maximum Gasteiger partial charge on any atom is 0.259 e. The zero-order chi connectivity index (χ0) is 35.9. The summed E-state index contributed by atoms with van der Waals surface area (Å²) < 4.78 is 15.2. The molecule has 2 aromatic heterocycles. The lowest BCUT2D eigenvalue weighted by Gasteiger charge is -2.35. The molecule has 4 amide bonds. The molecule has 3 fully saturated rings. The number of pyridine rings is 1. The van der Waals surface area contributed by atoms with Crippen LogP contribution in [-0.2, 0) is 22.6 Å². The van der Waals surface area contributed by atoms with Crippen molar-refractivity contribution in [2.45, 2.75) is 76.4 Å². The minimum atomic E-state index is -0.626. The van der Waals surface area contributed by atoms with Crippen molar-refractivity contribution in [2.75, 3.05) is 36.9 Å². The molecule has 0 spiro atoms. The van der Waals surface area contributed by atoms with Gasteiger partial charge in [0, 0.05) is 72.3 Å². The van der Waals surface area contributed by atoms with Gasteiger partial charge in [-0.3, -0.25) is 29.4 Å². The van der Waals surface area contributed by atoms with Crippen LogP contribution in [0.2, 0.25) is 0 Å². The molecule has 4 aromatic rings. The zero-order valence-electron chi connectivity index (χ0n) is 29.4. The van der Waals surface area contributed by atoms with Crippen LogP contribution in [0.15, 0.2) is 54.7 Å². The monoisotopic (exact) mass is 705 g/mol. The Hall–Kier alpha value is -5.10. The van der Waals surface area contributed by atoms with Crippen LogP contribution in [0, 0.1) is 11.7 Å². The van der Waals surface area contributed by atoms with E-state index in [4.69, 9.17) is 0 Å². The number of carbonyl (C=O) groups is 4. The Kier molecular flexibility index (Phi) is 9.25. The quantitative estimate of drug-likeness (QED) is 0.190. The van der Waals surface area contributed by atoms with Crippen molar-refractivity contribution in [2.24, 2.45) is 5.92 Å². The van der Waals surface area contributed by atoms with E-state index in [0.29, 0.717) is 36.3 Å². The third-order valence-corrected chi connectivity index (χ3v) is 11.5. The van der Waals surface area contributed by atoms with Crippen LogP contribution in [0.1, 0.15) is 94.9 Å². The molecule has 0 aliphatic carbocycles. The minimum absolute atomic E-state index is 0.00731. The van der Waals surface area contributed by atoms with E-state index >= 15 is 4.39 Å². The number of benzene rings is 2. The second kappa shape index (κ2) is 14.1. The third-order valence-electron chi connectivity index (χ3n) is 11.5. The number of H-pyrrole nitrogens is 1. The Labute approximate surface area is 301 Å². The molecule has 3 N–H and O–H groups in total. The Morgan fingerprint density at radius 3 is 2.62 bits per heavy atom. The fraction of sp³-hybridized carbons (Fsp3) is 0.425. The lowest BCUT2D eigenvalue weighted by atomic mass is 9.90. The van der Waals surface area contributed by atoms with Gasteiger partial charge in [-0.1, -0.05) is 12.1 Å². The van der Waals surface area contributed by atoms with Gasteiger partial charge in [0.15, 0.2) is 0 Å². The highest BCUT2D eigenvalue weighted by molar-refractivity contribution is 6.06. The maximum atomic E-state index is 15.2. The van der Waals surface area contributed by atoms with Crippen molar-refractivity contribution >= 4 is 46.0 Å². The fourth-order valence-electron chi connectivity index (χ4n) is 8.60. The molecule has 0 radical (unpaired) electrons. The van der Waals surface area contributed by atoms with E-state index in [1.54, 1.807) is 23.2 Å². The van der Waals surface area contributed by atoms with Crippen LogP contribution >= 0.6 is 0 Å². The molecule has 2 atom stereocenters. The first-order valence-corrected chi connectivity index (χ1v) is 18.5. The van der Waals surface area contributed by atoms with Crippen LogP contribution in [0.5, 0.6) is 0 Å². The summed E-state index contributed by atoms with van der Waals surface area (Å²) in [4.78, 5) is 64.6. The predicted molar refractivity (Wildman–Crippen MR) is 195 cm³/mol. The highest BCUT2D eigenvalue weighted by Gasteiger charge is 2.40. The van der Waals surface area contributed by atoms with Gasteiger partial charge in [0.05, 0.1) is 11.1 Å². The summed E-state index contributed by atoms with van der Waals surface area (Å²) in [6, 6.07) is 14.3. The van der Waals surface area contributed by atoms with E-state index in [0.717, 1.165) is 91.6 Å². The smallest absolute Gasteiger partial charge is 0.259 e. The summed E-state index contributed by atoms with van der Waals surface area (Å²) in [5.74, 6) is -0.991. The number of amides is 4. The van der Waals surface area contributed by atoms with Gasteiger partial charge in [0.2, 0.25) is 11.8 Å². The number of rotatable bonds is 9. The van der Waals surface area contributed by atoms with E-state index in [1.165, 1.54) is 12.5 Å². The number of imide groups is 1. The molecule has 0 bridgehead atoms. The van der Waals surface area contributed by atoms with Crippen LogP contribution in [0.4, 0.5) is 15.9 Å². The summed E-state index contributed by atoms with van der Waals surface area (Å²) in [5.41, 5.74) is 5.52. The van der Waals surface area contributed by atoms with Gasteiger partial charge < -0.3 is 20.1 Å². The lowest BCUT2D eigenvalue weighted by molar-refractivity contribution is -0.136. The molecule has 2 aromatic carbocycles. The molecule has 11 nitrogen and oxygen atoms in total. The summed E-state index contributed by atoms with van der Waals surface area (Å²) in [7, 11) is 2.13. The van der Waals surface area contributed by atoms with Crippen molar-refractivity contribution in [1.82, 2.24) is 25.1 Å². The van der Waals surface area contributed by atoms with Crippen molar-refractivity contribution in [3.63, 3.8) is 0 Å². The van der Waals surface area contributed by atoms with E-state index < -0.39 is 23.7 Å². The second-order valence-corrected chi connectivity index (χ2v) is 14.8. The van der Waals surface area contributed by atoms with E-state index in [2.05, 4.69) is 49.6 Å². The molecule has 8 rings (SSSR count). The lowest BCUT2D eigenvalue weighted by Crippen LogP contribution is -2.52. The number of likely N-dealkylation sites (tertiary alicyclic amines) is 1. The molecule has 3 saturated heterocycles. The average molecular weight is 706 g/mol. The number of carbonyl (C=O) groups excluding carboxylic acids is 4. The van der Waals surface area contributed by atoms with Gasteiger partial charge in [-0.2, -0.15) is 0 Å². The molecule has 6 heterocycles. The van der Waals surface area contributed by atoms with E-state index in [1.807, 2.05) is 18.2 Å². The summed E-state index contributed by atoms with van der Waals surface area (Å²) in [5, 5.41) is 6.12. The van der Waals surface area contributed by atoms with Gasteiger partial charge >= 0.3 is 0 Å². The Morgan fingerprint density at radius 1 is 1.00 bits per heavy atom. The number of piperidine rings is 2. The van der Waals surface area contributed by atoms with Crippen LogP contribution in [0.25, 0.3) is 10.9 Å². The third kappa shape index (κ3) is 6.67. The van der Waals surface area contributed by atoms with Crippen molar-refractivity contribution in [3.8, 4) is 0 Å². The number of anilines is 2. The second-order valence-electron chi connectivity index (χ2n) is 14.8. The number of hydrogen-bond acceptors (Lipinski definition) is 7. The number of aromatic amines is 1. The number of nitrogens with zero attached hydrogens (tertiary/aromatic N) is 4. The fourth-order valence-corrected chi connectivity index (χ4v) is 8.60. The largest absolute Gasteiger partial charge is 0.371 e. The van der Waals surface area contributed by atoms with Crippen molar-refractivity contribution in [3.05, 3.63) is 88.5 Å². The maximum absolute atomic E-state index is 15.2. The van der Waals surface area contributed by atoms with Gasteiger partial charge in [0.1, 0.15) is 17.7 Å². The van der Waals surface area contributed by atoms with Crippen molar-refractivity contribution < 1.29 is 23.6 Å². The Balaban J connectivity index is 0.820. The number of aromatic nitrogens is 2. The average Bonchev–Trinajstić information content (AvgIpc) is 3.85. The summed E-state index contributed by atoms with van der Waals surface area (Å²) in [6.45, 7) is 3.18. The van der Waals surface area contributed by atoms with E-state index in [9.17, 15) is 19.2 Å². The highest BCUT2D eigenvalue weighted by Crippen LogP contribution is 2.37. The highest BCUT2D eigenvalue weighted by atomic mass is 19.1. The van der Waals surface area contributed by atoms with Crippen LogP contribution < -0.4 is 15.5 Å². The standard InChI is InChI=1S/C40H44FN7O4/c1-46-16-4-9-34(46)32-20-26-22-42-36(21-31(26)43-32)44-38(50)28-11-10-25(19-30(28)41)6-2-5-24-14-17-47(18-15-24)33-8-3-7-27-29(33)23-48(40(27)52)35-12-13-37(49)45-39(35)51/h3,7-8,10-11,19-22,24,34-35,43H,2,4-6,9,12-18,23H2,1H3,(H,42,44,50)(H,45,49,51)/t34-,35-/m1/s1. The number of aryl methyl sites for hydroxylation is 1. The zero-order valence-corrected chi connectivity index (χ0v) is 29.4. The molecule has 0 unspecified atom stereocenters. The molecular weight excluding hydrogens is 661 g/mol. The molecule has 4 aliphatic rings. The predicted octanol–water partition coefficient (Wildman–Crippen LogP) is 5.72. The number of fused-ring (bicyclic) bond motifs is 2. The molecular formula is C40H44FN7O4. The first kappa shape index (κ1) is 34.0. The summed E-state index contributed by atoms with van der Waals surface area (Å²) in [6.07, 6.45) is 9.30. The number of hydrogen-bond donors (Lipinski definition) is 3. The van der Waals surface area contributed by atoms with Gasteiger partial charge in [-0.25, -0.2) is 9.37 Å². The summed E-state index contributed by atoms with van der Waals surface area (Å²) >= 11 is 0. The molecule has 52 heavy (non-hydrogen) atoms. The van der Waals surface area contributed by atoms with Gasteiger partial charge in [0.25, 0.3) is 11.8 Å². The SMILES string of the molecule is CN1CCC[C@@H]1c1cc2cnc(NC(=O)c3ccc(CCCC4CCN(c5cccc6c5CN([C@@H]5CCC(=O)NC5=O)C6=O)CC4)cc3F)cc2[nH]1. The molecule has 4 aliphatic heterocycles.